The number of benzene rings is 8. The first-order valence-corrected chi connectivity index (χ1v) is 18.6. The Morgan fingerprint density at radius 2 is 0.611 bits per heavy atom. The lowest BCUT2D eigenvalue weighted by atomic mass is 9.61. The predicted molar refractivity (Wildman–Crippen MR) is 218 cm³/mol. The Labute approximate surface area is 316 Å². The van der Waals surface area contributed by atoms with Gasteiger partial charge in [0.05, 0.1) is 0 Å². The minimum atomic E-state index is -1.14. The van der Waals surface area contributed by atoms with Crippen LogP contribution in [0.1, 0.15) is 22.3 Å². The second kappa shape index (κ2) is 13.6. The van der Waals surface area contributed by atoms with Crippen molar-refractivity contribution in [3.63, 3.8) is 0 Å². The lowest BCUT2D eigenvalue weighted by molar-refractivity contribution is -0.210. The van der Waals surface area contributed by atoms with Gasteiger partial charge in [0.1, 0.15) is 23.4 Å². The average Bonchev–Trinajstić information content (AvgIpc) is 3.26. The van der Waals surface area contributed by atoms with Crippen molar-refractivity contribution in [1.29, 1.82) is 0 Å². The fourth-order valence-electron chi connectivity index (χ4n) is 8.75. The Hall–Kier alpha value is -5.75. The van der Waals surface area contributed by atoms with Crippen molar-refractivity contribution in [3.8, 4) is 0 Å². The summed E-state index contributed by atoms with van der Waals surface area (Å²) in [5.41, 5.74) is 3.45. The first-order valence-electron chi connectivity index (χ1n) is 18.6. The molecule has 0 saturated carbocycles. The van der Waals surface area contributed by atoms with Gasteiger partial charge in [-0.25, -0.2) is 0 Å². The van der Waals surface area contributed by atoms with E-state index in [1.54, 1.807) is 0 Å². The van der Waals surface area contributed by atoms with Gasteiger partial charge in [0.25, 0.3) is 0 Å². The molecule has 2 fully saturated rings. The molecule has 2 aliphatic rings. The van der Waals surface area contributed by atoms with Crippen LogP contribution in [-0.2, 0) is 29.8 Å². The van der Waals surface area contributed by atoms with Gasteiger partial charge in [-0.2, -0.15) is 0 Å². The number of fused-ring (bicyclic) bond motifs is 3. The van der Waals surface area contributed by atoms with Gasteiger partial charge >= 0.3 is 14.2 Å². The molecule has 0 aliphatic carbocycles. The Kier molecular flexibility index (Phi) is 8.27. The maximum atomic E-state index is 7.64. The molecule has 0 radical (unpaired) electrons. The minimum absolute atomic E-state index is 0.702. The summed E-state index contributed by atoms with van der Waals surface area (Å²) in [5.74, 6) is 0. The summed E-state index contributed by atoms with van der Waals surface area (Å²) in [4.78, 5) is 0. The van der Waals surface area contributed by atoms with Crippen molar-refractivity contribution in [2.45, 2.75) is 23.4 Å². The molecule has 2 atom stereocenters. The van der Waals surface area contributed by atoms with E-state index in [0.717, 1.165) is 54.7 Å². The average molecular weight is 698 g/mol. The maximum Gasteiger partial charge on any atom is 0.495 e. The van der Waals surface area contributed by atoms with Crippen LogP contribution in [0.2, 0.25) is 0 Å². The van der Waals surface area contributed by atoms with Crippen LogP contribution >= 0.6 is 0 Å². The van der Waals surface area contributed by atoms with E-state index >= 15 is 0 Å². The molecule has 10 rings (SSSR count). The lowest BCUT2D eigenvalue weighted by Gasteiger charge is -2.59. The van der Waals surface area contributed by atoms with Gasteiger partial charge in [-0.05, 0) is 54.7 Å². The zero-order valence-corrected chi connectivity index (χ0v) is 29.6. The molecule has 0 unspecified atom stereocenters. The van der Waals surface area contributed by atoms with E-state index in [1.165, 1.54) is 0 Å². The van der Waals surface area contributed by atoms with E-state index in [1.807, 2.05) is 24.3 Å². The van der Waals surface area contributed by atoms with Gasteiger partial charge in [0.15, 0.2) is 0 Å². The number of rotatable bonds is 6. The van der Waals surface area contributed by atoms with Crippen LogP contribution in [0.25, 0.3) is 21.5 Å². The number of hydrogen-bond acceptors (Lipinski definition) is 4. The predicted octanol–water partition coefficient (Wildman–Crippen LogP) is 8.80. The number of hydrogen-bond donors (Lipinski definition) is 0. The summed E-state index contributed by atoms with van der Waals surface area (Å²) >= 11 is 0. The van der Waals surface area contributed by atoms with Crippen LogP contribution in [0.3, 0.4) is 0 Å². The highest BCUT2D eigenvalue weighted by molar-refractivity contribution is 6.66. The van der Waals surface area contributed by atoms with Gasteiger partial charge < -0.3 is 18.6 Å². The molecule has 0 aromatic heterocycles. The summed E-state index contributed by atoms with van der Waals surface area (Å²) in [5, 5.41) is 4.35. The van der Waals surface area contributed by atoms with Crippen LogP contribution in [-0.4, -0.2) is 26.4 Å². The first-order chi connectivity index (χ1) is 26.8. The second-order valence-corrected chi connectivity index (χ2v) is 14.1. The smallest absolute Gasteiger partial charge is 0.398 e. The largest absolute Gasteiger partial charge is 0.495 e. The molecule has 8 aromatic carbocycles. The van der Waals surface area contributed by atoms with Crippen molar-refractivity contribution >= 4 is 46.7 Å². The van der Waals surface area contributed by atoms with Gasteiger partial charge in [0.2, 0.25) is 0 Å². The third kappa shape index (κ3) is 5.25. The topological polar surface area (TPSA) is 36.9 Å². The van der Waals surface area contributed by atoms with Crippen LogP contribution in [0.4, 0.5) is 0 Å². The van der Waals surface area contributed by atoms with Crippen molar-refractivity contribution < 1.29 is 18.6 Å². The van der Waals surface area contributed by atoms with E-state index in [9.17, 15) is 0 Å². The Balaban J connectivity index is 1.31. The fourth-order valence-corrected chi connectivity index (χ4v) is 8.75. The molecular weight excluding hydrogens is 662 g/mol. The zero-order chi connectivity index (χ0) is 36.0. The van der Waals surface area contributed by atoms with Crippen LogP contribution in [0, 0.1) is 0 Å². The summed E-state index contributed by atoms with van der Waals surface area (Å²) in [7, 11) is -1.60. The third-order valence-electron chi connectivity index (χ3n) is 11.2. The monoisotopic (exact) mass is 698 g/mol. The molecule has 0 amide bonds. The molecule has 8 aromatic rings. The Morgan fingerprint density at radius 3 is 0.963 bits per heavy atom. The third-order valence-corrected chi connectivity index (χ3v) is 11.2. The maximum absolute atomic E-state index is 7.64. The van der Waals surface area contributed by atoms with Crippen molar-refractivity contribution in [2.24, 2.45) is 0 Å². The van der Waals surface area contributed by atoms with Crippen molar-refractivity contribution in [3.05, 3.63) is 229 Å². The van der Waals surface area contributed by atoms with E-state index in [4.69, 9.17) is 18.6 Å². The van der Waals surface area contributed by atoms with Gasteiger partial charge in [-0.3, -0.25) is 0 Å². The molecular formula is C48H36B2O4. The highest BCUT2D eigenvalue weighted by Crippen LogP contribution is 2.54. The summed E-state index contributed by atoms with van der Waals surface area (Å²) in [6.45, 7) is 0. The highest BCUT2D eigenvalue weighted by Gasteiger charge is 2.66. The van der Waals surface area contributed by atoms with Crippen LogP contribution in [0.5, 0.6) is 0 Å². The normalized spacial score (nSPS) is 19.0. The molecule has 2 heterocycles. The van der Waals surface area contributed by atoms with Crippen LogP contribution < -0.4 is 10.9 Å². The van der Waals surface area contributed by atoms with Gasteiger partial charge in [-0.1, -0.05) is 206 Å². The molecule has 0 N–H and O–H groups in total. The first kappa shape index (κ1) is 32.9. The quantitative estimate of drug-likeness (QED) is 0.163. The highest BCUT2D eigenvalue weighted by atomic mass is 16.7. The zero-order valence-electron chi connectivity index (χ0n) is 29.6. The fraction of sp³-hybridized carbons (Fsp3) is 0.0833. The minimum Gasteiger partial charge on any atom is -0.398 e. The van der Waals surface area contributed by atoms with Crippen molar-refractivity contribution in [2.75, 3.05) is 0 Å². The molecule has 258 valence electrons. The van der Waals surface area contributed by atoms with Crippen LogP contribution in [0.15, 0.2) is 206 Å². The summed E-state index contributed by atoms with van der Waals surface area (Å²) in [6, 6.07) is 71.4. The van der Waals surface area contributed by atoms with Gasteiger partial charge in [0, 0.05) is 0 Å². The Bertz CT molecular complexity index is 2280. The molecule has 2 saturated heterocycles. The summed E-state index contributed by atoms with van der Waals surface area (Å²) in [6.07, 6.45) is -1.40. The molecule has 0 bridgehead atoms. The molecule has 54 heavy (non-hydrogen) atoms. The van der Waals surface area contributed by atoms with Crippen molar-refractivity contribution in [1.82, 2.24) is 0 Å². The molecule has 6 heteroatoms. The SMILES string of the molecule is c1ccc(C2(c3ccccc3)OB(c3cccc4ccccc34)O[C@@H]3[C@H]2OB(c2cccc4ccccc24)OC3(c2ccccc2)c2ccccc2)cc1. The molecule has 2 aliphatic heterocycles. The van der Waals surface area contributed by atoms with E-state index in [0.29, 0.717) is 0 Å². The van der Waals surface area contributed by atoms with E-state index in [-0.39, 0.29) is 0 Å². The van der Waals surface area contributed by atoms with E-state index < -0.39 is 37.6 Å². The standard InChI is InChI=1S/C48H36B2O4/c1-5-23-37(24-6-1)47(38-25-7-2-8-26-38)45-46(52-49(53-47)43-33-17-21-35-19-13-15-31-41(35)43)48(39-27-9-3-10-28-39,40-29-11-4-12-30-40)54-50(51-45)44-34-18-22-36-20-14-16-32-42(36)44/h1-34,45-46H/t45-,46-/m1/s1. The molecule has 0 spiro atoms. The Morgan fingerprint density at radius 1 is 0.315 bits per heavy atom. The second-order valence-electron chi connectivity index (χ2n) is 14.1. The lowest BCUT2D eigenvalue weighted by Crippen LogP contribution is -2.73. The van der Waals surface area contributed by atoms with Gasteiger partial charge in [-0.15, -0.1) is 0 Å². The van der Waals surface area contributed by atoms with E-state index in [2.05, 4.69) is 182 Å². The molecule has 4 nitrogen and oxygen atoms in total. The summed E-state index contributed by atoms with van der Waals surface area (Å²) < 4.78 is 30.3.